The number of carbonyl (C=O) groups is 2. The lowest BCUT2D eigenvalue weighted by Gasteiger charge is -2.24. The highest BCUT2D eigenvalue weighted by atomic mass is 16.6. The Kier molecular flexibility index (Phi) is 6.40. The summed E-state index contributed by atoms with van der Waals surface area (Å²) in [6, 6.07) is 9.28. The van der Waals surface area contributed by atoms with Crippen LogP contribution in [-0.2, 0) is 4.74 Å². The van der Waals surface area contributed by atoms with Crippen molar-refractivity contribution >= 4 is 11.9 Å². The number of ether oxygens (including phenoxy) is 1. The summed E-state index contributed by atoms with van der Waals surface area (Å²) < 4.78 is 5.27. The summed E-state index contributed by atoms with van der Waals surface area (Å²) in [4.78, 5) is 25.2. The Morgan fingerprint density at radius 2 is 1.71 bits per heavy atom. The van der Waals surface area contributed by atoms with Gasteiger partial charge in [0, 0.05) is 25.6 Å². The van der Waals surface area contributed by atoms with Crippen LogP contribution in [0.15, 0.2) is 30.3 Å². The summed E-state index contributed by atoms with van der Waals surface area (Å²) in [6.07, 6.45) is 1.73. The fraction of sp³-hybridized carbons (Fsp3) is 0.529. The minimum absolute atomic E-state index is 0.149. The molecule has 1 amide bonds. The molecule has 0 unspecified atom stereocenters. The average molecular weight is 291 g/mol. The molecule has 0 N–H and O–H groups in total. The largest absolute Gasteiger partial charge is 0.444 e. The molecule has 0 saturated heterocycles. The SMILES string of the molecule is CN(CCCCC(=O)c1ccccc1)C(=O)OC(C)(C)C. The summed E-state index contributed by atoms with van der Waals surface area (Å²) in [7, 11) is 1.72. The molecule has 0 aliphatic heterocycles. The standard InChI is InChI=1S/C17H25NO3/c1-17(2,3)21-16(20)18(4)13-9-8-12-15(19)14-10-6-5-7-11-14/h5-7,10-11H,8-9,12-13H2,1-4H3. The summed E-state index contributed by atoms with van der Waals surface area (Å²) in [5.74, 6) is 0.149. The third kappa shape index (κ3) is 6.93. The van der Waals surface area contributed by atoms with E-state index >= 15 is 0 Å². The van der Waals surface area contributed by atoms with E-state index in [0.717, 1.165) is 18.4 Å². The quantitative estimate of drug-likeness (QED) is 0.590. The van der Waals surface area contributed by atoms with Gasteiger partial charge in [-0.25, -0.2) is 4.79 Å². The van der Waals surface area contributed by atoms with Gasteiger partial charge in [-0.1, -0.05) is 30.3 Å². The van der Waals surface area contributed by atoms with E-state index in [0.29, 0.717) is 13.0 Å². The van der Waals surface area contributed by atoms with Gasteiger partial charge in [0.1, 0.15) is 5.60 Å². The first-order valence-corrected chi connectivity index (χ1v) is 7.32. The van der Waals surface area contributed by atoms with Gasteiger partial charge in [0.05, 0.1) is 0 Å². The smallest absolute Gasteiger partial charge is 0.410 e. The number of hydrogen-bond donors (Lipinski definition) is 0. The molecule has 0 aliphatic carbocycles. The normalized spacial score (nSPS) is 11.0. The third-order valence-corrected chi connectivity index (χ3v) is 2.95. The molecule has 21 heavy (non-hydrogen) atoms. The maximum Gasteiger partial charge on any atom is 0.410 e. The summed E-state index contributed by atoms with van der Waals surface area (Å²) >= 11 is 0. The van der Waals surface area contributed by atoms with Crippen molar-refractivity contribution < 1.29 is 14.3 Å². The first-order valence-electron chi connectivity index (χ1n) is 7.32. The second kappa shape index (κ2) is 7.81. The van der Waals surface area contributed by atoms with Gasteiger partial charge in [-0.3, -0.25) is 4.79 Å². The second-order valence-electron chi connectivity index (χ2n) is 6.15. The van der Waals surface area contributed by atoms with E-state index in [1.165, 1.54) is 0 Å². The van der Waals surface area contributed by atoms with E-state index in [1.807, 2.05) is 51.1 Å². The van der Waals surface area contributed by atoms with Gasteiger partial charge in [-0.2, -0.15) is 0 Å². The van der Waals surface area contributed by atoms with Crippen molar-refractivity contribution in [1.82, 2.24) is 4.90 Å². The Morgan fingerprint density at radius 1 is 1.10 bits per heavy atom. The van der Waals surface area contributed by atoms with E-state index in [1.54, 1.807) is 11.9 Å². The zero-order chi connectivity index (χ0) is 15.9. The first kappa shape index (κ1) is 17.2. The maximum absolute atomic E-state index is 11.9. The van der Waals surface area contributed by atoms with Crippen molar-refractivity contribution in [1.29, 1.82) is 0 Å². The van der Waals surface area contributed by atoms with Crippen LogP contribution < -0.4 is 0 Å². The zero-order valence-electron chi connectivity index (χ0n) is 13.4. The lowest BCUT2D eigenvalue weighted by Crippen LogP contribution is -2.34. The molecule has 0 atom stereocenters. The topological polar surface area (TPSA) is 46.6 Å². The Morgan fingerprint density at radius 3 is 2.29 bits per heavy atom. The van der Waals surface area contributed by atoms with Gasteiger partial charge >= 0.3 is 6.09 Å². The van der Waals surface area contributed by atoms with Crippen LogP contribution >= 0.6 is 0 Å². The predicted molar refractivity (Wildman–Crippen MR) is 83.5 cm³/mol. The molecule has 0 aromatic heterocycles. The molecule has 1 aromatic rings. The highest BCUT2D eigenvalue weighted by Crippen LogP contribution is 2.10. The van der Waals surface area contributed by atoms with Gasteiger partial charge in [-0.05, 0) is 33.6 Å². The lowest BCUT2D eigenvalue weighted by atomic mass is 10.1. The summed E-state index contributed by atoms with van der Waals surface area (Å²) in [6.45, 7) is 6.13. The van der Waals surface area contributed by atoms with Crippen LogP contribution in [0.4, 0.5) is 4.79 Å². The Hall–Kier alpha value is -1.84. The Labute approximate surface area is 127 Å². The van der Waals surface area contributed by atoms with Gasteiger partial charge in [0.25, 0.3) is 0 Å². The van der Waals surface area contributed by atoms with Crippen LogP contribution in [0.2, 0.25) is 0 Å². The van der Waals surface area contributed by atoms with E-state index in [-0.39, 0.29) is 11.9 Å². The summed E-state index contributed by atoms with van der Waals surface area (Å²) in [5.41, 5.74) is 0.271. The highest BCUT2D eigenvalue weighted by molar-refractivity contribution is 5.95. The number of Topliss-reactive ketones (excluding diaryl/α,β-unsaturated/α-hetero) is 1. The number of amides is 1. The molecular formula is C17H25NO3. The van der Waals surface area contributed by atoms with Crippen LogP contribution in [0.3, 0.4) is 0 Å². The average Bonchev–Trinajstić information content (AvgIpc) is 2.42. The fourth-order valence-electron chi connectivity index (χ4n) is 1.83. The Bertz CT molecular complexity index is 463. The molecule has 0 saturated carbocycles. The van der Waals surface area contributed by atoms with Crippen molar-refractivity contribution in [2.24, 2.45) is 0 Å². The number of hydrogen-bond acceptors (Lipinski definition) is 3. The number of benzene rings is 1. The zero-order valence-corrected chi connectivity index (χ0v) is 13.4. The van der Waals surface area contributed by atoms with E-state index < -0.39 is 5.60 Å². The van der Waals surface area contributed by atoms with Crippen LogP contribution in [0.1, 0.15) is 50.4 Å². The molecule has 0 aliphatic rings. The molecule has 1 aromatic carbocycles. The molecule has 116 valence electrons. The minimum Gasteiger partial charge on any atom is -0.444 e. The molecule has 4 heteroatoms. The van der Waals surface area contributed by atoms with E-state index in [9.17, 15) is 9.59 Å². The third-order valence-electron chi connectivity index (χ3n) is 2.95. The number of rotatable bonds is 6. The number of unbranched alkanes of at least 4 members (excludes halogenated alkanes) is 1. The highest BCUT2D eigenvalue weighted by Gasteiger charge is 2.19. The van der Waals surface area contributed by atoms with Crippen LogP contribution in [0.5, 0.6) is 0 Å². The molecule has 1 rings (SSSR count). The number of carbonyl (C=O) groups excluding carboxylic acids is 2. The lowest BCUT2D eigenvalue weighted by molar-refractivity contribution is 0.0296. The van der Waals surface area contributed by atoms with Gasteiger partial charge in [-0.15, -0.1) is 0 Å². The van der Waals surface area contributed by atoms with Gasteiger partial charge in [0.2, 0.25) is 0 Å². The van der Waals surface area contributed by atoms with Crippen molar-refractivity contribution in [2.75, 3.05) is 13.6 Å². The van der Waals surface area contributed by atoms with Crippen molar-refractivity contribution in [3.63, 3.8) is 0 Å². The van der Waals surface area contributed by atoms with E-state index in [4.69, 9.17) is 4.74 Å². The molecule has 0 spiro atoms. The van der Waals surface area contributed by atoms with Crippen molar-refractivity contribution in [2.45, 2.75) is 45.6 Å². The van der Waals surface area contributed by atoms with Crippen molar-refractivity contribution in [3.8, 4) is 0 Å². The fourth-order valence-corrected chi connectivity index (χ4v) is 1.83. The second-order valence-corrected chi connectivity index (χ2v) is 6.15. The van der Waals surface area contributed by atoms with Crippen LogP contribution in [0.25, 0.3) is 0 Å². The van der Waals surface area contributed by atoms with Crippen LogP contribution in [0, 0.1) is 0 Å². The minimum atomic E-state index is -0.478. The van der Waals surface area contributed by atoms with Crippen LogP contribution in [-0.4, -0.2) is 36.0 Å². The molecule has 0 bridgehead atoms. The molecule has 0 fully saturated rings. The molecular weight excluding hydrogens is 266 g/mol. The molecule has 0 radical (unpaired) electrons. The maximum atomic E-state index is 11.9. The number of ketones is 1. The van der Waals surface area contributed by atoms with Crippen molar-refractivity contribution in [3.05, 3.63) is 35.9 Å². The first-order chi connectivity index (χ1) is 9.79. The monoisotopic (exact) mass is 291 g/mol. The number of nitrogens with zero attached hydrogens (tertiary/aromatic N) is 1. The van der Waals surface area contributed by atoms with E-state index in [2.05, 4.69) is 0 Å². The van der Waals surface area contributed by atoms with Gasteiger partial charge < -0.3 is 9.64 Å². The molecule has 0 heterocycles. The predicted octanol–water partition coefficient (Wildman–Crippen LogP) is 3.91. The van der Waals surface area contributed by atoms with Gasteiger partial charge in [0.15, 0.2) is 5.78 Å². The Balaban J connectivity index is 2.25. The molecule has 4 nitrogen and oxygen atoms in total. The summed E-state index contributed by atoms with van der Waals surface area (Å²) in [5, 5.41) is 0.